The molecule has 10 nitrogen and oxygen atoms in total. The number of halogens is 3. The molecule has 2 saturated heterocycles. The van der Waals surface area contributed by atoms with E-state index in [2.05, 4.69) is 10.2 Å². The lowest BCUT2D eigenvalue weighted by molar-refractivity contribution is -0.131. The number of allylic oxidation sites excluding steroid dienone is 2. The molecule has 274 valence electrons. The highest BCUT2D eigenvalue weighted by atomic mass is 35.5. The molecule has 0 radical (unpaired) electrons. The second kappa shape index (κ2) is 13.2. The number of azo groups is 1. The first-order valence-electron chi connectivity index (χ1n) is 17.5. The van der Waals surface area contributed by atoms with Gasteiger partial charge in [-0.05, 0) is 111 Å². The standard InChI is InChI=1S/C41H34Cl2FN5O5/c1-41-31(38(52)49(40(41)54)26-13-16-33(44)32(43)19-26)20-29-27(36(41)30-18-21(42)4-17-34(30)50)14-15-28-35(29)39(53)48(37(28)51)25-11-7-23(8-12-25)46-45-22-5-9-24(10-6-22)47(2)3/h4-14,16-19,28-29,31,35-36,50H,15,20H2,1-3H3/t28-,29+,31?,35-,36?,41?/m0/s1. The molecule has 2 aliphatic carbocycles. The average molecular weight is 767 g/mol. The van der Waals surface area contributed by atoms with E-state index in [0.29, 0.717) is 33.2 Å². The molecule has 13 heteroatoms. The van der Waals surface area contributed by atoms with Crippen LogP contribution in [0, 0.1) is 34.9 Å². The van der Waals surface area contributed by atoms with E-state index < -0.39 is 58.5 Å². The van der Waals surface area contributed by atoms with Gasteiger partial charge in [-0.1, -0.05) is 34.9 Å². The summed E-state index contributed by atoms with van der Waals surface area (Å²) in [5, 5.41) is 19.9. The van der Waals surface area contributed by atoms with Gasteiger partial charge in [-0.15, -0.1) is 0 Å². The summed E-state index contributed by atoms with van der Waals surface area (Å²) in [5.41, 5.74) is 2.30. The van der Waals surface area contributed by atoms with E-state index in [9.17, 15) is 28.7 Å². The fourth-order valence-corrected chi connectivity index (χ4v) is 9.20. The number of anilines is 3. The van der Waals surface area contributed by atoms with Gasteiger partial charge in [-0.3, -0.25) is 24.1 Å². The molecule has 3 unspecified atom stereocenters. The monoisotopic (exact) mass is 765 g/mol. The van der Waals surface area contributed by atoms with E-state index in [0.717, 1.165) is 16.7 Å². The number of carbonyl (C=O) groups excluding carboxylic acids is 4. The number of fused-ring (bicyclic) bond motifs is 4. The van der Waals surface area contributed by atoms with Crippen molar-refractivity contribution < 1.29 is 28.7 Å². The van der Waals surface area contributed by atoms with Crippen molar-refractivity contribution in [2.24, 2.45) is 39.3 Å². The van der Waals surface area contributed by atoms with Crippen LogP contribution >= 0.6 is 23.2 Å². The molecule has 8 rings (SSSR count). The first-order chi connectivity index (χ1) is 25.8. The van der Waals surface area contributed by atoms with Gasteiger partial charge in [-0.25, -0.2) is 9.29 Å². The van der Waals surface area contributed by atoms with Crippen LogP contribution in [0.25, 0.3) is 0 Å². The predicted octanol–water partition coefficient (Wildman–Crippen LogP) is 8.75. The zero-order valence-electron chi connectivity index (χ0n) is 29.4. The van der Waals surface area contributed by atoms with Crippen LogP contribution < -0.4 is 14.7 Å². The summed E-state index contributed by atoms with van der Waals surface area (Å²) in [6.07, 6.45) is 2.20. The largest absolute Gasteiger partial charge is 0.508 e. The van der Waals surface area contributed by atoms with Crippen molar-refractivity contribution in [1.29, 1.82) is 0 Å². The van der Waals surface area contributed by atoms with Crippen LogP contribution in [0.3, 0.4) is 0 Å². The number of amides is 4. The molecule has 2 aliphatic heterocycles. The first-order valence-corrected chi connectivity index (χ1v) is 18.2. The Kier molecular flexibility index (Phi) is 8.69. The Hall–Kier alpha value is -5.39. The minimum Gasteiger partial charge on any atom is -0.508 e. The van der Waals surface area contributed by atoms with Crippen molar-refractivity contribution in [1.82, 2.24) is 0 Å². The number of phenolic OH excluding ortho intramolecular Hbond substituents is 1. The third-order valence-electron chi connectivity index (χ3n) is 11.5. The lowest BCUT2D eigenvalue weighted by Gasteiger charge is -2.49. The van der Waals surface area contributed by atoms with Gasteiger partial charge in [0.1, 0.15) is 11.6 Å². The number of carbonyl (C=O) groups is 4. The Morgan fingerprint density at radius 2 is 1.44 bits per heavy atom. The highest BCUT2D eigenvalue weighted by Crippen LogP contribution is 2.64. The Bertz CT molecular complexity index is 2310. The normalized spacial score (nSPS) is 26.3. The van der Waals surface area contributed by atoms with Crippen LogP contribution in [0.1, 0.15) is 31.2 Å². The Morgan fingerprint density at radius 3 is 2.09 bits per heavy atom. The van der Waals surface area contributed by atoms with Crippen LogP contribution in [0.5, 0.6) is 5.75 Å². The number of hydrogen-bond donors (Lipinski definition) is 1. The molecule has 0 spiro atoms. The van der Waals surface area contributed by atoms with Gasteiger partial charge in [0.15, 0.2) is 0 Å². The third-order valence-corrected chi connectivity index (χ3v) is 12.0. The molecule has 1 N–H and O–H groups in total. The van der Waals surface area contributed by atoms with Gasteiger partial charge in [-0.2, -0.15) is 10.2 Å². The molecule has 54 heavy (non-hydrogen) atoms. The van der Waals surface area contributed by atoms with Gasteiger partial charge >= 0.3 is 0 Å². The molecule has 4 aliphatic rings. The van der Waals surface area contributed by atoms with Crippen molar-refractivity contribution in [3.63, 3.8) is 0 Å². The van der Waals surface area contributed by atoms with E-state index in [1.54, 1.807) is 37.3 Å². The number of rotatable bonds is 6. The van der Waals surface area contributed by atoms with E-state index in [1.807, 2.05) is 49.3 Å². The number of benzene rings is 4. The zero-order valence-corrected chi connectivity index (χ0v) is 30.9. The predicted molar refractivity (Wildman–Crippen MR) is 203 cm³/mol. The number of hydrogen-bond acceptors (Lipinski definition) is 8. The molecule has 4 aromatic carbocycles. The molecule has 4 amide bonds. The maximum absolute atomic E-state index is 14.6. The Morgan fingerprint density at radius 1 is 0.796 bits per heavy atom. The smallest absolute Gasteiger partial charge is 0.241 e. The summed E-state index contributed by atoms with van der Waals surface area (Å²) in [6.45, 7) is 1.68. The van der Waals surface area contributed by atoms with Crippen molar-refractivity contribution in [3.8, 4) is 5.75 Å². The van der Waals surface area contributed by atoms with Crippen LogP contribution in [0.15, 0.2) is 107 Å². The number of aromatic hydroxyl groups is 1. The summed E-state index contributed by atoms with van der Waals surface area (Å²) >= 11 is 12.5. The van der Waals surface area contributed by atoms with E-state index in [1.165, 1.54) is 29.2 Å². The summed E-state index contributed by atoms with van der Waals surface area (Å²) in [5.74, 6) is -6.67. The minimum absolute atomic E-state index is 0.0963. The lowest BCUT2D eigenvalue weighted by Crippen LogP contribution is -2.48. The molecule has 4 aromatic rings. The number of phenols is 1. The molecule has 2 heterocycles. The molecular weight excluding hydrogens is 732 g/mol. The molecule has 0 bridgehead atoms. The summed E-state index contributed by atoms with van der Waals surface area (Å²) in [4.78, 5) is 61.7. The van der Waals surface area contributed by atoms with Crippen LogP contribution in [-0.2, 0) is 19.2 Å². The fraction of sp³-hybridized carbons (Fsp3) is 0.268. The molecule has 6 atom stereocenters. The fourth-order valence-electron chi connectivity index (χ4n) is 8.84. The van der Waals surface area contributed by atoms with Crippen molar-refractivity contribution in [2.45, 2.75) is 25.7 Å². The van der Waals surface area contributed by atoms with Crippen molar-refractivity contribution >= 4 is 75.3 Å². The second-order valence-corrected chi connectivity index (χ2v) is 15.4. The van der Waals surface area contributed by atoms with E-state index in [-0.39, 0.29) is 35.2 Å². The van der Waals surface area contributed by atoms with Crippen LogP contribution in [0.4, 0.5) is 32.8 Å². The zero-order chi connectivity index (χ0) is 38.2. The average Bonchev–Trinajstić information content (AvgIpc) is 3.52. The van der Waals surface area contributed by atoms with Gasteiger partial charge in [0.05, 0.1) is 50.9 Å². The van der Waals surface area contributed by atoms with Gasteiger partial charge in [0.25, 0.3) is 0 Å². The minimum atomic E-state index is -1.43. The highest BCUT2D eigenvalue weighted by Gasteiger charge is 2.68. The van der Waals surface area contributed by atoms with Gasteiger partial charge < -0.3 is 10.0 Å². The summed E-state index contributed by atoms with van der Waals surface area (Å²) in [6, 6.07) is 22.4. The van der Waals surface area contributed by atoms with Gasteiger partial charge in [0.2, 0.25) is 23.6 Å². The molecule has 1 saturated carbocycles. The number of imide groups is 2. The summed E-state index contributed by atoms with van der Waals surface area (Å²) in [7, 11) is 3.90. The topological polar surface area (TPSA) is 123 Å². The SMILES string of the molecule is CN(C)c1ccc(N=Nc2ccc(N3C(=O)[C@H]4[C@H](CC=C5C(c6cc(Cl)ccc6O)C6(C)C(=O)N(c7ccc(F)c(Cl)c7)C(=O)C6C[C@H]54)C3=O)cc2)cc1. The Balaban J connectivity index is 1.14. The summed E-state index contributed by atoms with van der Waals surface area (Å²) < 4.78 is 14.2. The van der Waals surface area contributed by atoms with E-state index in [4.69, 9.17) is 23.2 Å². The second-order valence-electron chi connectivity index (χ2n) is 14.6. The quantitative estimate of drug-likeness (QED) is 0.119. The highest BCUT2D eigenvalue weighted by molar-refractivity contribution is 6.32. The third kappa shape index (κ3) is 5.51. The van der Waals surface area contributed by atoms with E-state index >= 15 is 0 Å². The van der Waals surface area contributed by atoms with Crippen LogP contribution in [-0.4, -0.2) is 42.8 Å². The first kappa shape index (κ1) is 35.6. The molecular formula is C41H34Cl2FN5O5. The molecule has 3 fully saturated rings. The maximum atomic E-state index is 14.6. The lowest BCUT2D eigenvalue weighted by atomic mass is 9.51. The van der Waals surface area contributed by atoms with Crippen molar-refractivity contribution in [3.05, 3.63) is 118 Å². The maximum Gasteiger partial charge on any atom is 0.241 e. The van der Waals surface area contributed by atoms with Gasteiger partial charge in [0, 0.05) is 36.3 Å². The van der Waals surface area contributed by atoms with Crippen LogP contribution in [0.2, 0.25) is 10.0 Å². The number of nitrogens with zero attached hydrogens (tertiary/aromatic N) is 5. The molecule has 0 aromatic heterocycles. The Labute approximate surface area is 320 Å². The van der Waals surface area contributed by atoms with Crippen molar-refractivity contribution in [2.75, 3.05) is 28.8 Å².